The van der Waals surface area contributed by atoms with Crippen LogP contribution < -0.4 is 10.0 Å². The zero-order valence-electron chi connectivity index (χ0n) is 14.6. The molecule has 0 saturated carbocycles. The van der Waals surface area contributed by atoms with Gasteiger partial charge in [0.05, 0.1) is 10.5 Å². The van der Waals surface area contributed by atoms with Crippen molar-refractivity contribution in [2.75, 3.05) is 13.1 Å². The van der Waals surface area contributed by atoms with Gasteiger partial charge in [0, 0.05) is 12.1 Å². The van der Waals surface area contributed by atoms with Crippen LogP contribution in [0.4, 0.5) is 0 Å². The average Bonchev–Trinajstić information content (AvgIpc) is 2.76. The van der Waals surface area contributed by atoms with Crippen molar-refractivity contribution in [3.05, 3.63) is 78.1 Å². The van der Waals surface area contributed by atoms with Crippen molar-refractivity contribution in [3.8, 4) is 0 Å². The molecule has 1 aromatic carbocycles. The molecule has 0 atom stereocenters. The third-order valence-electron chi connectivity index (χ3n) is 4.61. The number of allylic oxidation sites excluding steroid dienone is 7. The van der Waals surface area contributed by atoms with Gasteiger partial charge in [0.15, 0.2) is 0 Å². The van der Waals surface area contributed by atoms with E-state index in [1.165, 1.54) is 0 Å². The first kappa shape index (κ1) is 18.6. The van der Waals surface area contributed by atoms with Crippen LogP contribution >= 0.6 is 0 Å². The molecule has 0 unspecified atom stereocenters. The highest BCUT2D eigenvalue weighted by Crippen LogP contribution is 2.31. The molecule has 1 aliphatic carbocycles. The molecule has 0 aromatic heterocycles. The Kier molecular flexibility index (Phi) is 5.76. The summed E-state index contributed by atoms with van der Waals surface area (Å²) < 4.78 is 28.0. The molecule has 0 bridgehead atoms. The molecule has 1 fully saturated rings. The third kappa shape index (κ3) is 4.52. The van der Waals surface area contributed by atoms with Crippen molar-refractivity contribution in [1.82, 2.24) is 10.0 Å². The molecule has 1 saturated heterocycles. The molecule has 0 amide bonds. The predicted molar refractivity (Wildman–Crippen MR) is 103 cm³/mol. The summed E-state index contributed by atoms with van der Waals surface area (Å²) >= 11 is 0. The first-order valence-electron chi connectivity index (χ1n) is 8.75. The standard InChI is InChI=1S/C20H24N2O3S/c23-20(13-15-21-16-14-20)17-9-11-19(12-10-17)26(24,25)22-18-7-5-3-1-2-4-6-8-18/h1-7,9-12,21-23H,8,13-16H2/b2-1-,5-3-,6-4-,18-7+. The van der Waals surface area contributed by atoms with E-state index in [-0.39, 0.29) is 4.90 Å². The highest BCUT2D eigenvalue weighted by atomic mass is 32.2. The van der Waals surface area contributed by atoms with Gasteiger partial charge in [0.1, 0.15) is 0 Å². The van der Waals surface area contributed by atoms with Crippen LogP contribution in [0.15, 0.2) is 77.4 Å². The van der Waals surface area contributed by atoms with E-state index in [1.54, 1.807) is 36.4 Å². The molecule has 0 radical (unpaired) electrons. The summed E-state index contributed by atoms with van der Waals surface area (Å²) in [6.07, 6.45) is 14.7. The van der Waals surface area contributed by atoms with Crippen LogP contribution in [0.3, 0.4) is 0 Å². The molecule has 3 N–H and O–H groups in total. The number of hydrogen-bond donors (Lipinski definition) is 3. The molecule has 1 heterocycles. The minimum atomic E-state index is -3.67. The lowest BCUT2D eigenvalue weighted by Crippen LogP contribution is -2.39. The van der Waals surface area contributed by atoms with Crippen LogP contribution in [-0.2, 0) is 15.6 Å². The summed E-state index contributed by atoms with van der Waals surface area (Å²) in [5.41, 5.74) is 0.475. The van der Waals surface area contributed by atoms with E-state index in [9.17, 15) is 13.5 Å². The van der Waals surface area contributed by atoms with E-state index in [4.69, 9.17) is 0 Å². The van der Waals surface area contributed by atoms with E-state index >= 15 is 0 Å². The molecule has 6 heteroatoms. The second kappa shape index (κ2) is 8.03. The lowest BCUT2D eigenvalue weighted by Gasteiger charge is -2.33. The highest BCUT2D eigenvalue weighted by molar-refractivity contribution is 7.89. The van der Waals surface area contributed by atoms with Crippen molar-refractivity contribution in [2.45, 2.75) is 29.8 Å². The van der Waals surface area contributed by atoms with Gasteiger partial charge in [-0.15, -0.1) is 0 Å². The van der Waals surface area contributed by atoms with Crippen LogP contribution in [0.1, 0.15) is 24.8 Å². The number of benzene rings is 1. The molecule has 2 aliphatic rings. The summed E-state index contributed by atoms with van der Waals surface area (Å²) in [5.74, 6) is 0. The first-order chi connectivity index (χ1) is 12.5. The predicted octanol–water partition coefficient (Wildman–Crippen LogP) is 2.49. The fraction of sp³-hybridized carbons (Fsp3) is 0.300. The zero-order chi connectivity index (χ0) is 18.5. The number of nitrogens with one attached hydrogen (secondary N) is 2. The molecular formula is C20H24N2O3S. The van der Waals surface area contributed by atoms with Gasteiger partial charge >= 0.3 is 0 Å². The third-order valence-corrected chi connectivity index (χ3v) is 6.04. The number of piperidine rings is 1. The van der Waals surface area contributed by atoms with Crippen LogP contribution in [-0.4, -0.2) is 26.6 Å². The summed E-state index contributed by atoms with van der Waals surface area (Å²) in [4.78, 5) is 0.186. The summed E-state index contributed by atoms with van der Waals surface area (Å²) in [5, 5.41) is 14.0. The second-order valence-electron chi connectivity index (χ2n) is 6.51. The van der Waals surface area contributed by atoms with Crippen molar-refractivity contribution in [3.63, 3.8) is 0 Å². The van der Waals surface area contributed by atoms with Crippen molar-refractivity contribution < 1.29 is 13.5 Å². The van der Waals surface area contributed by atoms with Gasteiger partial charge in [0.25, 0.3) is 10.0 Å². The van der Waals surface area contributed by atoms with Crippen LogP contribution in [0.5, 0.6) is 0 Å². The molecular weight excluding hydrogens is 348 g/mol. The van der Waals surface area contributed by atoms with Gasteiger partial charge in [-0.2, -0.15) is 0 Å². The normalized spacial score (nSPS) is 25.7. The quantitative estimate of drug-likeness (QED) is 0.759. The maximum absolute atomic E-state index is 12.7. The van der Waals surface area contributed by atoms with E-state index in [0.29, 0.717) is 25.0 Å². The first-order valence-corrected chi connectivity index (χ1v) is 10.2. The Bertz CT molecular complexity index is 844. The topological polar surface area (TPSA) is 78.4 Å². The Morgan fingerprint density at radius 3 is 2.35 bits per heavy atom. The lowest BCUT2D eigenvalue weighted by atomic mass is 9.85. The van der Waals surface area contributed by atoms with Crippen LogP contribution in [0.2, 0.25) is 0 Å². The maximum atomic E-state index is 12.7. The van der Waals surface area contributed by atoms with Gasteiger partial charge in [-0.05, 0) is 49.7 Å². The SMILES string of the molecule is O=S(=O)(N/C1=C/C=C\C=C/C=C\C1)c1ccc(C2(O)CCNCC2)cc1. The van der Waals surface area contributed by atoms with E-state index in [1.807, 2.05) is 30.4 Å². The van der Waals surface area contributed by atoms with Crippen LogP contribution in [0.25, 0.3) is 0 Å². The molecule has 1 aliphatic heterocycles. The minimum absolute atomic E-state index is 0.186. The van der Waals surface area contributed by atoms with E-state index < -0.39 is 15.6 Å². The largest absolute Gasteiger partial charge is 0.385 e. The van der Waals surface area contributed by atoms with Gasteiger partial charge < -0.3 is 10.4 Å². The molecule has 3 rings (SSSR count). The molecule has 26 heavy (non-hydrogen) atoms. The number of aliphatic hydroxyl groups is 1. The Balaban J connectivity index is 1.77. The summed E-state index contributed by atoms with van der Waals surface area (Å²) in [7, 11) is -3.67. The smallest absolute Gasteiger partial charge is 0.261 e. The van der Waals surface area contributed by atoms with Gasteiger partial charge in [0.2, 0.25) is 0 Å². The zero-order valence-corrected chi connectivity index (χ0v) is 15.4. The fourth-order valence-corrected chi connectivity index (χ4v) is 4.20. The van der Waals surface area contributed by atoms with Crippen molar-refractivity contribution >= 4 is 10.0 Å². The van der Waals surface area contributed by atoms with Crippen molar-refractivity contribution in [1.29, 1.82) is 0 Å². The maximum Gasteiger partial charge on any atom is 0.261 e. The Morgan fingerprint density at radius 1 is 0.962 bits per heavy atom. The second-order valence-corrected chi connectivity index (χ2v) is 8.19. The van der Waals surface area contributed by atoms with Gasteiger partial charge in [-0.3, -0.25) is 4.72 Å². The number of rotatable bonds is 4. The Labute approximate surface area is 154 Å². The molecule has 0 spiro atoms. The summed E-state index contributed by atoms with van der Waals surface area (Å²) in [6.45, 7) is 1.50. The van der Waals surface area contributed by atoms with Gasteiger partial charge in [-0.25, -0.2) is 8.42 Å². The lowest BCUT2D eigenvalue weighted by molar-refractivity contribution is 0.00589. The number of hydrogen-bond acceptors (Lipinski definition) is 4. The monoisotopic (exact) mass is 372 g/mol. The van der Waals surface area contributed by atoms with Gasteiger partial charge in [-0.1, -0.05) is 48.6 Å². The molecule has 1 aromatic rings. The fourth-order valence-electron chi connectivity index (χ4n) is 3.09. The average molecular weight is 372 g/mol. The molecule has 138 valence electrons. The highest BCUT2D eigenvalue weighted by Gasteiger charge is 2.31. The Hall–Kier alpha value is -2.15. The van der Waals surface area contributed by atoms with Crippen LogP contribution in [0, 0.1) is 0 Å². The number of sulfonamides is 1. The van der Waals surface area contributed by atoms with Crippen molar-refractivity contribution in [2.24, 2.45) is 0 Å². The van der Waals surface area contributed by atoms with E-state index in [0.717, 1.165) is 18.7 Å². The molecule has 5 nitrogen and oxygen atoms in total. The Morgan fingerprint density at radius 2 is 1.62 bits per heavy atom. The van der Waals surface area contributed by atoms with E-state index in [2.05, 4.69) is 10.0 Å². The summed E-state index contributed by atoms with van der Waals surface area (Å²) in [6, 6.07) is 6.53. The minimum Gasteiger partial charge on any atom is -0.385 e.